The van der Waals surface area contributed by atoms with E-state index >= 15 is 0 Å². The minimum absolute atomic E-state index is 0.269. The molecule has 0 aromatic rings. The lowest BCUT2D eigenvalue weighted by molar-refractivity contribution is -0.139. The van der Waals surface area contributed by atoms with E-state index in [1.54, 1.807) is 0 Å². The summed E-state index contributed by atoms with van der Waals surface area (Å²) < 4.78 is 0. The van der Waals surface area contributed by atoms with Gasteiger partial charge in [-0.15, -0.1) is 0 Å². The van der Waals surface area contributed by atoms with Gasteiger partial charge in [-0.25, -0.2) is 0 Å². The van der Waals surface area contributed by atoms with Crippen LogP contribution >= 0.6 is 0 Å². The highest BCUT2D eigenvalue weighted by Crippen LogP contribution is 2.03. The average Bonchev–Trinajstić information content (AvgIpc) is 2.70. The highest BCUT2D eigenvalue weighted by molar-refractivity contribution is 5.73. The number of aliphatic carboxylic acids is 1. The largest absolute Gasteiger partial charge is 0.480 e. The third-order valence-electron chi connectivity index (χ3n) is 1.78. The van der Waals surface area contributed by atoms with Gasteiger partial charge in [-0.2, -0.15) is 0 Å². The van der Waals surface area contributed by atoms with Crippen LogP contribution in [0.4, 0.5) is 0 Å². The highest BCUT2D eigenvalue weighted by Gasteiger charge is 2.20. The van der Waals surface area contributed by atoms with Gasteiger partial charge >= 0.3 is 5.97 Å². The maximum absolute atomic E-state index is 10.1. The van der Waals surface area contributed by atoms with Crippen LogP contribution in [0.2, 0.25) is 0 Å². The van der Waals surface area contributed by atoms with E-state index in [1.165, 1.54) is 0 Å². The van der Waals surface area contributed by atoms with Crippen molar-refractivity contribution in [3.63, 3.8) is 0 Å². The first-order valence-electron chi connectivity index (χ1n) is 4.47. The molecule has 0 spiro atoms. The summed E-state index contributed by atoms with van der Waals surface area (Å²) in [4.78, 5) is 10.1. The van der Waals surface area contributed by atoms with Crippen molar-refractivity contribution in [3.05, 3.63) is 0 Å². The molecule has 0 amide bonds. The lowest BCUT2D eigenvalue weighted by Crippen LogP contribution is -2.29. The fourth-order valence-corrected chi connectivity index (χ4v) is 0.953. The van der Waals surface area contributed by atoms with Gasteiger partial charge in [0.05, 0.1) is 13.2 Å². The summed E-state index contributed by atoms with van der Waals surface area (Å²) in [5.74, 6) is -0.720. The maximum atomic E-state index is 10.1. The molecule has 0 aromatic carbocycles. The van der Waals surface area contributed by atoms with Crippen molar-refractivity contribution in [3.8, 4) is 0 Å². The van der Waals surface area contributed by atoms with Gasteiger partial charge < -0.3 is 25.7 Å². The Bertz CT molecular complexity index is 154. The minimum atomic E-state index is -0.954. The van der Waals surface area contributed by atoms with Crippen LogP contribution in [0, 0.1) is 0 Å². The first-order valence-corrected chi connectivity index (χ1v) is 4.47. The number of aliphatic hydroxyl groups is 3. The highest BCUT2D eigenvalue weighted by atomic mass is 16.4. The molecule has 0 aliphatic carbocycles. The standard InChI is InChI=1S/C5H9NO2.C3H8O3/c7-5(8)4-2-1-3-6-4;4-1-3(6)2-5/h4,6H,1-3H2,(H,7,8);3-6H,1-2H2. The first kappa shape index (κ1) is 13.3. The summed E-state index contributed by atoms with van der Waals surface area (Å²) in [5.41, 5.74) is 0. The number of hydrogen-bond acceptors (Lipinski definition) is 5. The van der Waals surface area contributed by atoms with Gasteiger partial charge in [0.1, 0.15) is 12.1 Å². The molecule has 6 heteroatoms. The van der Waals surface area contributed by atoms with E-state index in [1.807, 2.05) is 0 Å². The lowest BCUT2D eigenvalue weighted by atomic mass is 10.2. The van der Waals surface area contributed by atoms with Crippen molar-refractivity contribution < 1.29 is 25.2 Å². The number of carboxylic acid groups (broad SMARTS) is 1. The van der Waals surface area contributed by atoms with Crippen molar-refractivity contribution >= 4 is 5.97 Å². The molecule has 6 nitrogen and oxygen atoms in total. The molecule has 5 N–H and O–H groups in total. The Hall–Kier alpha value is -0.690. The number of rotatable bonds is 3. The summed E-state index contributed by atoms with van der Waals surface area (Å²) in [5, 5.41) is 35.2. The van der Waals surface area contributed by atoms with Crippen LogP contribution in [0.15, 0.2) is 0 Å². The molecular weight excluding hydrogens is 190 g/mol. The molecule has 1 aliphatic rings. The molecule has 0 saturated carbocycles. The molecule has 0 bridgehead atoms. The molecule has 1 atom stereocenters. The van der Waals surface area contributed by atoms with E-state index in [0.717, 1.165) is 19.4 Å². The molecule has 1 unspecified atom stereocenters. The van der Waals surface area contributed by atoms with Crippen LogP contribution in [-0.4, -0.2) is 58.3 Å². The van der Waals surface area contributed by atoms with Crippen molar-refractivity contribution in [1.82, 2.24) is 5.32 Å². The molecular formula is C8H17NO5. The van der Waals surface area contributed by atoms with Gasteiger partial charge in [0.15, 0.2) is 0 Å². The Morgan fingerprint density at radius 2 is 2.00 bits per heavy atom. The minimum Gasteiger partial charge on any atom is -0.480 e. The number of nitrogens with one attached hydrogen (secondary N) is 1. The van der Waals surface area contributed by atoms with Crippen LogP contribution in [0.5, 0.6) is 0 Å². The van der Waals surface area contributed by atoms with E-state index in [2.05, 4.69) is 5.32 Å². The zero-order valence-electron chi connectivity index (χ0n) is 7.89. The van der Waals surface area contributed by atoms with Gasteiger partial charge in [-0.3, -0.25) is 4.79 Å². The Kier molecular flexibility index (Phi) is 7.31. The van der Waals surface area contributed by atoms with Crippen molar-refractivity contribution in [1.29, 1.82) is 0 Å². The average molecular weight is 207 g/mol. The second kappa shape index (κ2) is 7.69. The van der Waals surface area contributed by atoms with E-state index < -0.39 is 12.1 Å². The quantitative estimate of drug-likeness (QED) is 0.372. The smallest absolute Gasteiger partial charge is 0.320 e. The van der Waals surface area contributed by atoms with E-state index in [4.69, 9.17) is 20.4 Å². The molecule has 14 heavy (non-hydrogen) atoms. The maximum Gasteiger partial charge on any atom is 0.320 e. The van der Waals surface area contributed by atoms with Gasteiger partial charge in [-0.05, 0) is 19.4 Å². The first-order chi connectivity index (χ1) is 6.61. The fraction of sp³-hybridized carbons (Fsp3) is 0.875. The normalized spacial score (nSPS) is 20.4. The topological polar surface area (TPSA) is 110 Å². The summed E-state index contributed by atoms with van der Waals surface area (Å²) in [6, 6.07) is -0.269. The van der Waals surface area contributed by atoms with Crippen LogP contribution < -0.4 is 5.32 Å². The molecule has 1 saturated heterocycles. The molecule has 84 valence electrons. The Morgan fingerprint density at radius 1 is 1.43 bits per heavy atom. The van der Waals surface area contributed by atoms with E-state index in [0.29, 0.717) is 0 Å². The molecule has 1 rings (SSSR count). The fourth-order valence-electron chi connectivity index (χ4n) is 0.953. The monoisotopic (exact) mass is 207 g/mol. The van der Waals surface area contributed by atoms with Crippen LogP contribution in [0.1, 0.15) is 12.8 Å². The van der Waals surface area contributed by atoms with Gasteiger partial charge in [-0.1, -0.05) is 0 Å². The predicted molar refractivity (Wildman–Crippen MR) is 48.8 cm³/mol. The van der Waals surface area contributed by atoms with Crippen LogP contribution in [0.25, 0.3) is 0 Å². The van der Waals surface area contributed by atoms with Crippen molar-refractivity contribution in [2.75, 3.05) is 19.8 Å². The van der Waals surface area contributed by atoms with Crippen molar-refractivity contribution in [2.45, 2.75) is 25.0 Å². The second-order valence-electron chi connectivity index (χ2n) is 3.01. The number of aliphatic hydroxyl groups excluding tert-OH is 3. The van der Waals surface area contributed by atoms with Crippen molar-refractivity contribution in [2.24, 2.45) is 0 Å². The van der Waals surface area contributed by atoms with Gasteiger partial charge in [0.25, 0.3) is 0 Å². The Labute approximate surface area is 82.2 Å². The molecule has 0 aromatic heterocycles. The van der Waals surface area contributed by atoms with Gasteiger partial charge in [0.2, 0.25) is 0 Å². The molecule has 1 aliphatic heterocycles. The van der Waals surface area contributed by atoms with Crippen LogP contribution in [0.3, 0.4) is 0 Å². The number of hydrogen-bond donors (Lipinski definition) is 5. The SMILES string of the molecule is O=C(O)C1CCCN1.OCC(O)CO. The van der Waals surface area contributed by atoms with Gasteiger partial charge in [0, 0.05) is 0 Å². The Balaban J connectivity index is 0.000000255. The molecule has 0 radical (unpaired) electrons. The summed E-state index contributed by atoms with van der Waals surface area (Å²) in [6.07, 6.45) is 0.830. The lowest BCUT2D eigenvalue weighted by Gasteiger charge is -1.99. The number of carboxylic acids is 1. The summed E-state index contributed by atoms with van der Waals surface area (Å²) in [6.45, 7) is 0.129. The second-order valence-corrected chi connectivity index (χ2v) is 3.01. The summed E-state index contributed by atoms with van der Waals surface area (Å²) >= 11 is 0. The number of carbonyl (C=O) groups is 1. The van der Waals surface area contributed by atoms with Crippen LogP contribution in [-0.2, 0) is 4.79 Å². The van der Waals surface area contributed by atoms with E-state index in [9.17, 15) is 4.79 Å². The third kappa shape index (κ3) is 5.87. The molecule has 1 heterocycles. The summed E-state index contributed by atoms with van der Waals surface area (Å²) in [7, 11) is 0. The molecule has 1 fully saturated rings. The third-order valence-corrected chi connectivity index (χ3v) is 1.78. The van der Waals surface area contributed by atoms with E-state index in [-0.39, 0.29) is 19.3 Å². The zero-order valence-corrected chi connectivity index (χ0v) is 7.89. The predicted octanol–water partition coefficient (Wildman–Crippen LogP) is -1.85. The zero-order chi connectivity index (χ0) is 11.0. The Morgan fingerprint density at radius 3 is 2.14 bits per heavy atom.